The lowest BCUT2D eigenvalue weighted by atomic mass is 9.95. The van der Waals surface area contributed by atoms with Crippen molar-refractivity contribution in [2.45, 2.75) is 38.0 Å². The van der Waals surface area contributed by atoms with Gasteiger partial charge in [0, 0.05) is 62.5 Å². The highest BCUT2D eigenvalue weighted by atomic mass is 19.4. The molecule has 2 fully saturated rings. The predicted octanol–water partition coefficient (Wildman–Crippen LogP) is 4.51. The summed E-state index contributed by atoms with van der Waals surface area (Å²) in [6.07, 6.45) is 0.116. The molecule has 254 valence electrons. The molecule has 3 aliphatic heterocycles. The lowest BCUT2D eigenvalue weighted by Gasteiger charge is -2.35. The molecule has 3 aliphatic rings. The van der Waals surface area contributed by atoms with Crippen molar-refractivity contribution in [1.29, 1.82) is 0 Å². The second-order valence-electron chi connectivity index (χ2n) is 12.7. The molecular weight excluding hydrogens is 649 g/mol. The van der Waals surface area contributed by atoms with Crippen LogP contribution < -0.4 is 15.1 Å². The molecule has 2 saturated heterocycles. The number of imidazole rings is 1. The molecule has 1 atom stereocenters. The number of hydrogen-bond donors (Lipinski definition) is 1. The van der Waals surface area contributed by atoms with E-state index in [4.69, 9.17) is 0 Å². The molecule has 0 bridgehead atoms. The summed E-state index contributed by atoms with van der Waals surface area (Å²) in [6.45, 7) is 3.78. The van der Waals surface area contributed by atoms with E-state index < -0.39 is 23.8 Å². The number of alkyl halides is 3. The van der Waals surface area contributed by atoms with Crippen LogP contribution in [-0.2, 0) is 28.7 Å². The van der Waals surface area contributed by atoms with Crippen LogP contribution in [0.15, 0.2) is 79.4 Å². The number of benzene rings is 3. The molecule has 0 spiro atoms. The number of nitrogens with one attached hydrogen (secondary N) is 1. The Kier molecular flexibility index (Phi) is 7.82. The molecule has 50 heavy (non-hydrogen) atoms. The van der Waals surface area contributed by atoms with E-state index in [-0.39, 0.29) is 24.2 Å². The van der Waals surface area contributed by atoms with Crippen molar-refractivity contribution in [3.8, 4) is 5.95 Å². The first-order valence-electron chi connectivity index (χ1n) is 16.3. The SMILES string of the molecule is O=C1CCC(N2C(=O)c3cccc4c(Cc5ccc(CN6CCN(c7ccnc(-n8cnc(C(F)(F)F)c8)n7)CC6)cc5)ccc2c34)C(=O)N1. The number of rotatable bonds is 7. The van der Waals surface area contributed by atoms with Crippen LogP contribution in [0.4, 0.5) is 24.7 Å². The number of amides is 3. The van der Waals surface area contributed by atoms with Crippen LogP contribution in [0.2, 0.25) is 0 Å². The van der Waals surface area contributed by atoms with E-state index in [9.17, 15) is 27.6 Å². The Labute approximate surface area is 284 Å². The normalized spacial score (nSPS) is 18.3. The Morgan fingerprint density at radius 1 is 0.880 bits per heavy atom. The Morgan fingerprint density at radius 3 is 2.40 bits per heavy atom. The number of piperazine rings is 1. The molecule has 8 rings (SSSR count). The lowest BCUT2D eigenvalue weighted by Crippen LogP contribution is -2.53. The van der Waals surface area contributed by atoms with Crippen LogP contribution in [0.3, 0.4) is 0 Å². The first kappa shape index (κ1) is 31.6. The van der Waals surface area contributed by atoms with Crippen LogP contribution in [0.1, 0.15) is 45.6 Å². The Morgan fingerprint density at radius 2 is 1.66 bits per heavy atom. The van der Waals surface area contributed by atoms with Crippen molar-refractivity contribution < 1.29 is 27.6 Å². The summed E-state index contributed by atoms with van der Waals surface area (Å²) in [5.74, 6) is -0.199. The Hall–Kier alpha value is -5.63. The lowest BCUT2D eigenvalue weighted by molar-refractivity contribution is -0.141. The zero-order valence-electron chi connectivity index (χ0n) is 26.7. The first-order chi connectivity index (χ1) is 24.1. The van der Waals surface area contributed by atoms with Gasteiger partial charge in [-0.25, -0.2) is 9.97 Å². The molecule has 5 heterocycles. The molecule has 1 unspecified atom stereocenters. The molecule has 0 aliphatic carbocycles. The summed E-state index contributed by atoms with van der Waals surface area (Å²) in [4.78, 5) is 55.9. The molecule has 3 amide bonds. The van der Waals surface area contributed by atoms with E-state index in [2.05, 4.69) is 54.3 Å². The number of nitrogens with zero attached hydrogens (tertiary/aromatic N) is 7. The molecule has 5 aromatic rings. The Balaban J connectivity index is 0.908. The van der Waals surface area contributed by atoms with Gasteiger partial charge >= 0.3 is 6.18 Å². The number of anilines is 2. The topological polar surface area (TPSA) is 117 Å². The van der Waals surface area contributed by atoms with Gasteiger partial charge in [-0.05, 0) is 53.1 Å². The average Bonchev–Trinajstić information content (AvgIpc) is 3.72. The van der Waals surface area contributed by atoms with E-state index in [0.717, 1.165) is 54.1 Å². The predicted molar refractivity (Wildman–Crippen MR) is 178 cm³/mol. The van der Waals surface area contributed by atoms with Gasteiger partial charge in [-0.3, -0.25) is 34.1 Å². The molecule has 14 heteroatoms. The van der Waals surface area contributed by atoms with Crippen molar-refractivity contribution in [3.05, 3.63) is 107 Å². The molecule has 3 aromatic carbocycles. The summed E-state index contributed by atoms with van der Waals surface area (Å²) < 4.78 is 40.2. The monoisotopic (exact) mass is 680 g/mol. The fourth-order valence-corrected chi connectivity index (χ4v) is 7.05. The number of carbonyl (C=O) groups excluding carboxylic acids is 3. The number of piperidine rings is 1. The van der Waals surface area contributed by atoms with Crippen molar-refractivity contribution >= 4 is 40.0 Å². The van der Waals surface area contributed by atoms with Gasteiger partial charge in [0.15, 0.2) is 5.69 Å². The number of carbonyl (C=O) groups is 3. The van der Waals surface area contributed by atoms with Gasteiger partial charge in [-0.15, -0.1) is 0 Å². The van der Waals surface area contributed by atoms with E-state index >= 15 is 0 Å². The van der Waals surface area contributed by atoms with E-state index in [1.54, 1.807) is 17.0 Å². The molecule has 0 saturated carbocycles. The third-order valence-corrected chi connectivity index (χ3v) is 9.59. The minimum Gasteiger partial charge on any atom is -0.354 e. The van der Waals surface area contributed by atoms with Crippen molar-refractivity contribution in [3.63, 3.8) is 0 Å². The Bertz CT molecular complexity index is 2140. The molecule has 11 nitrogen and oxygen atoms in total. The number of aromatic nitrogens is 4. The van der Waals surface area contributed by atoms with Gasteiger partial charge in [-0.1, -0.05) is 42.5 Å². The second kappa shape index (κ2) is 12.4. The molecule has 2 aromatic heterocycles. The van der Waals surface area contributed by atoms with Crippen LogP contribution in [0, 0.1) is 0 Å². The van der Waals surface area contributed by atoms with Crippen LogP contribution in [0.5, 0.6) is 0 Å². The van der Waals surface area contributed by atoms with Crippen LogP contribution in [0.25, 0.3) is 16.7 Å². The van der Waals surface area contributed by atoms with Gasteiger partial charge in [0.1, 0.15) is 18.2 Å². The van der Waals surface area contributed by atoms with Crippen molar-refractivity contribution in [2.75, 3.05) is 36.0 Å². The number of imide groups is 1. The molecule has 0 radical (unpaired) electrons. The van der Waals surface area contributed by atoms with Gasteiger partial charge < -0.3 is 4.90 Å². The summed E-state index contributed by atoms with van der Waals surface area (Å²) >= 11 is 0. The van der Waals surface area contributed by atoms with Crippen LogP contribution in [-0.4, -0.2) is 74.4 Å². The second-order valence-corrected chi connectivity index (χ2v) is 12.7. The van der Waals surface area contributed by atoms with Gasteiger partial charge in [0.25, 0.3) is 5.91 Å². The van der Waals surface area contributed by atoms with Crippen LogP contribution >= 0.6 is 0 Å². The summed E-state index contributed by atoms with van der Waals surface area (Å²) in [5.41, 5.74) is 3.66. The summed E-state index contributed by atoms with van der Waals surface area (Å²) in [6, 6.07) is 19.1. The quantitative estimate of drug-likeness (QED) is 0.250. The number of halogens is 3. The fraction of sp³-hybridized carbons (Fsp3) is 0.278. The average molecular weight is 681 g/mol. The highest BCUT2D eigenvalue weighted by molar-refractivity contribution is 6.27. The van der Waals surface area contributed by atoms with E-state index in [1.807, 2.05) is 24.3 Å². The maximum absolute atomic E-state index is 13.5. The van der Waals surface area contributed by atoms with E-state index in [1.165, 1.54) is 16.3 Å². The summed E-state index contributed by atoms with van der Waals surface area (Å²) in [5, 5.41) is 4.18. The fourth-order valence-electron chi connectivity index (χ4n) is 7.05. The largest absolute Gasteiger partial charge is 0.434 e. The highest BCUT2D eigenvalue weighted by Gasteiger charge is 2.41. The zero-order valence-corrected chi connectivity index (χ0v) is 26.7. The van der Waals surface area contributed by atoms with Crippen molar-refractivity contribution in [2.24, 2.45) is 0 Å². The standard InChI is InChI=1S/C36H31F3N8O3/c37-36(38,39)29-20-46(21-41-29)35-40-13-12-30(42-35)45-16-14-44(15-17-45)19-23-6-4-22(5-7-23)18-24-8-9-27-32-25(24)2-1-3-26(32)34(50)47(27)28-10-11-31(48)43-33(28)49/h1-9,12-13,20-21,28H,10-11,14-19H2,(H,43,48,49). The maximum Gasteiger partial charge on any atom is 0.434 e. The first-order valence-corrected chi connectivity index (χ1v) is 16.3. The minimum atomic E-state index is -4.54. The third-order valence-electron chi connectivity index (χ3n) is 9.59. The molecular formula is C36H31F3N8O3. The van der Waals surface area contributed by atoms with Gasteiger partial charge in [0.2, 0.25) is 17.8 Å². The molecule has 1 N–H and O–H groups in total. The maximum atomic E-state index is 13.5. The van der Waals surface area contributed by atoms with Gasteiger partial charge in [-0.2, -0.15) is 18.2 Å². The smallest absolute Gasteiger partial charge is 0.354 e. The number of hydrogen-bond acceptors (Lipinski definition) is 8. The zero-order chi connectivity index (χ0) is 34.6. The van der Waals surface area contributed by atoms with Crippen molar-refractivity contribution in [1.82, 2.24) is 29.7 Å². The van der Waals surface area contributed by atoms with E-state index in [0.29, 0.717) is 43.0 Å². The van der Waals surface area contributed by atoms with Gasteiger partial charge in [0.05, 0.1) is 5.69 Å². The minimum absolute atomic E-state index is 0.132. The highest BCUT2D eigenvalue weighted by Crippen LogP contribution is 2.41. The third kappa shape index (κ3) is 5.85. The summed E-state index contributed by atoms with van der Waals surface area (Å²) in [7, 11) is 0.